The molecule has 0 atom stereocenters. The zero-order valence-corrected chi connectivity index (χ0v) is 14.0. The lowest BCUT2D eigenvalue weighted by molar-refractivity contribution is -0.137. The number of alkyl halides is 3. The van der Waals surface area contributed by atoms with Gasteiger partial charge in [-0.25, -0.2) is 9.97 Å². The topological polar surface area (TPSA) is 66.9 Å². The third-order valence-corrected chi connectivity index (χ3v) is 4.30. The maximum absolute atomic E-state index is 12.6. The van der Waals surface area contributed by atoms with Crippen LogP contribution in [0.4, 0.5) is 24.8 Å². The van der Waals surface area contributed by atoms with Crippen molar-refractivity contribution in [2.75, 3.05) is 5.32 Å². The molecule has 1 aromatic carbocycles. The van der Waals surface area contributed by atoms with Gasteiger partial charge in [-0.2, -0.15) is 13.2 Å². The fraction of sp³-hybridized carbons (Fsp3) is 0.389. The number of benzene rings is 1. The number of nitrogens with zero attached hydrogens (tertiary/aromatic N) is 2. The number of nitrogens with one attached hydrogen (secondary N) is 2. The number of carbonyl (C=O) groups excluding carboxylic acids is 1. The highest BCUT2D eigenvalue weighted by Crippen LogP contribution is 2.30. The highest BCUT2D eigenvalue weighted by molar-refractivity contribution is 5.92. The van der Waals surface area contributed by atoms with E-state index < -0.39 is 11.7 Å². The molecule has 138 valence electrons. The molecule has 3 rings (SSSR count). The second kappa shape index (κ2) is 7.72. The van der Waals surface area contributed by atoms with E-state index >= 15 is 0 Å². The van der Waals surface area contributed by atoms with Gasteiger partial charge >= 0.3 is 6.18 Å². The maximum Gasteiger partial charge on any atom is 0.416 e. The van der Waals surface area contributed by atoms with Gasteiger partial charge in [-0.3, -0.25) is 4.79 Å². The van der Waals surface area contributed by atoms with Gasteiger partial charge in [0.2, 0.25) is 5.95 Å². The Bertz CT molecular complexity index is 756. The van der Waals surface area contributed by atoms with Crippen LogP contribution in [0.25, 0.3) is 0 Å². The number of rotatable bonds is 4. The van der Waals surface area contributed by atoms with Crippen LogP contribution in [-0.2, 0) is 6.18 Å². The molecule has 2 aromatic rings. The summed E-state index contributed by atoms with van der Waals surface area (Å²) in [5, 5.41) is 5.78. The monoisotopic (exact) mass is 364 g/mol. The van der Waals surface area contributed by atoms with Crippen LogP contribution in [0.5, 0.6) is 0 Å². The Hall–Kier alpha value is -2.64. The molecule has 1 aliphatic rings. The molecule has 1 heterocycles. The van der Waals surface area contributed by atoms with Crippen molar-refractivity contribution in [1.82, 2.24) is 15.3 Å². The standard InChI is InChI=1S/C18H19F3N4O/c19-18(20,21)12-6-8-14(9-7-12)24-17-22-11-10-15(25-17)16(26)23-13-4-2-1-3-5-13/h6-11,13H,1-5H2,(H,23,26)(H,22,24,25). The molecular formula is C18H19F3N4O. The molecule has 8 heteroatoms. The van der Waals surface area contributed by atoms with Crippen LogP contribution < -0.4 is 10.6 Å². The average molecular weight is 364 g/mol. The van der Waals surface area contributed by atoms with Crippen LogP contribution >= 0.6 is 0 Å². The van der Waals surface area contributed by atoms with E-state index in [4.69, 9.17) is 0 Å². The van der Waals surface area contributed by atoms with Crippen LogP contribution in [0.2, 0.25) is 0 Å². The minimum Gasteiger partial charge on any atom is -0.348 e. The molecule has 0 bridgehead atoms. The number of amides is 1. The molecule has 5 nitrogen and oxygen atoms in total. The fourth-order valence-electron chi connectivity index (χ4n) is 2.92. The average Bonchev–Trinajstić information content (AvgIpc) is 2.62. The predicted molar refractivity (Wildman–Crippen MR) is 91.1 cm³/mol. The Kier molecular flexibility index (Phi) is 5.39. The van der Waals surface area contributed by atoms with Crippen molar-refractivity contribution in [3.8, 4) is 0 Å². The molecule has 2 N–H and O–H groups in total. The molecule has 26 heavy (non-hydrogen) atoms. The SMILES string of the molecule is O=C(NC1CCCCC1)c1ccnc(Nc2ccc(C(F)(F)F)cc2)n1. The summed E-state index contributed by atoms with van der Waals surface area (Å²) in [7, 11) is 0. The van der Waals surface area contributed by atoms with Crippen molar-refractivity contribution in [3.05, 3.63) is 47.8 Å². The molecule has 0 saturated heterocycles. The highest BCUT2D eigenvalue weighted by atomic mass is 19.4. The van der Waals surface area contributed by atoms with Crippen LogP contribution in [0.1, 0.15) is 48.2 Å². The van der Waals surface area contributed by atoms with E-state index in [1.807, 2.05) is 0 Å². The summed E-state index contributed by atoms with van der Waals surface area (Å²) in [5.41, 5.74) is -0.104. The lowest BCUT2D eigenvalue weighted by atomic mass is 9.95. The number of hydrogen-bond donors (Lipinski definition) is 2. The Morgan fingerprint density at radius 3 is 2.38 bits per heavy atom. The summed E-state index contributed by atoms with van der Waals surface area (Å²) in [4.78, 5) is 20.5. The highest BCUT2D eigenvalue weighted by Gasteiger charge is 2.30. The maximum atomic E-state index is 12.6. The van der Waals surface area contributed by atoms with Gasteiger partial charge in [0.25, 0.3) is 5.91 Å². The summed E-state index contributed by atoms with van der Waals surface area (Å²) in [6.45, 7) is 0. The molecule has 1 amide bonds. The molecule has 0 aliphatic heterocycles. The molecule has 0 spiro atoms. The van der Waals surface area contributed by atoms with Gasteiger partial charge in [0.1, 0.15) is 5.69 Å². The van der Waals surface area contributed by atoms with Gasteiger partial charge in [-0.05, 0) is 43.2 Å². The predicted octanol–water partition coefficient (Wildman–Crippen LogP) is 4.30. The minimum absolute atomic E-state index is 0.154. The van der Waals surface area contributed by atoms with E-state index in [1.54, 1.807) is 0 Å². The normalized spacial score (nSPS) is 15.5. The van der Waals surface area contributed by atoms with E-state index in [-0.39, 0.29) is 23.6 Å². The second-order valence-corrected chi connectivity index (χ2v) is 6.27. The van der Waals surface area contributed by atoms with E-state index in [0.29, 0.717) is 5.69 Å². The zero-order valence-electron chi connectivity index (χ0n) is 14.0. The van der Waals surface area contributed by atoms with Gasteiger partial charge in [-0.1, -0.05) is 19.3 Å². The van der Waals surface area contributed by atoms with Crippen LogP contribution in [0, 0.1) is 0 Å². The zero-order chi connectivity index (χ0) is 18.6. The minimum atomic E-state index is -4.38. The van der Waals surface area contributed by atoms with Crippen molar-refractivity contribution >= 4 is 17.5 Å². The lowest BCUT2D eigenvalue weighted by Gasteiger charge is -2.22. The van der Waals surface area contributed by atoms with Gasteiger partial charge < -0.3 is 10.6 Å². The molecule has 1 aliphatic carbocycles. The van der Waals surface area contributed by atoms with Crippen molar-refractivity contribution in [3.63, 3.8) is 0 Å². The summed E-state index contributed by atoms with van der Waals surface area (Å²) in [6.07, 6.45) is 2.40. The van der Waals surface area contributed by atoms with Crippen LogP contribution in [-0.4, -0.2) is 21.9 Å². The number of halogens is 3. The number of anilines is 2. The van der Waals surface area contributed by atoms with Crippen molar-refractivity contribution < 1.29 is 18.0 Å². The first kappa shape index (κ1) is 18.2. The third kappa shape index (κ3) is 4.71. The van der Waals surface area contributed by atoms with E-state index in [1.165, 1.54) is 30.8 Å². The smallest absolute Gasteiger partial charge is 0.348 e. The van der Waals surface area contributed by atoms with Gasteiger partial charge in [0.05, 0.1) is 5.56 Å². The number of carbonyl (C=O) groups is 1. The Morgan fingerprint density at radius 2 is 1.73 bits per heavy atom. The van der Waals surface area contributed by atoms with Gasteiger partial charge in [-0.15, -0.1) is 0 Å². The molecule has 0 radical (unpaired) electrons. The first-order chi connectivity index (χ1) is 12.4. The van der Waals surface area contributed by atoms with Crippen LogP contribution in [0.3, 0.4) is 0 Å². The molecule has 1 aromatic heterocycles. The molecule has 1 saturated carbocycles. The first-order valence-electron chi connectivity index (χ1n) is 8.50. The van der Waals surface area contributed by atoms with Gasteiger partial charge in [0.15, 0.2) is 0 Å². The van der Waals surface area contributed by atoms with Gasteiger partial charge in [0, 0.05) is 17.9 Å². The Morgan fingerprint density at radius 1 is 1.04 bits per heavy atom. The largest absolute Gasteiger partial charge is 0.416 e. The van der Waals surface area contributed by atoms with E-state index in [2.05, 4.69) is 20.6 Å². The summed E-state index contributed by atoms with van der Waals surface area (Å²) in [6, 6.07) is 6.21. The lowest BCUT2D eigenvalue weighted by Crippen LogP contribution is -2.36. The van der Waals surface area contributed by atoms with E-state index in [0.717, 1.165) is 37.8 Å². The summed E-state index contributed by atoms with van der Waals surface area (Å²) in [5.74, 6) is -0.115. The second-order valence-electron chi connectivity index (χ2n) is 6.27. The van der Waals surface area contributed by atoms with Crippen molar-refractivity contribution in [2.45, 2.75) is 44.3 Å². The Labute approximate surface area is 149 Å². The Balaban J connectivity index is 1.66. The molecular weight excluding hydrogens is 345 g/mol. The molecule has 1 fully saturated rings. The third-order valence-electron chi connectivity index (χ3n) is 4.30. The number of aromatic nitrogens is 2. The summed E-state index contributed by atoms with van der Waals surface area (Å²) < 4.78 is 37.8. The fourth-order valence-corrected chi connectivity index (χ4v) is 2.92. The van der Waals surface area contributed by atoms with E-state index in [9.17, 15) is 18.0 Å². The van der Waals surface area contributed by atoms with Crippen LogP contribution in [0.15, 0.2) is 36.5 Å². The molecule has 0 unspecified atom stereocenters. The van der Waals surface area contributed by atoms with Crippen molar-refractivity contribution in [2.24, 2.45) is 0 Å². The quantitative estimate of drug-likeness (QED) is 0.849. The summed E-state index contributed by atoms with van der Waals surface area (Å²) >= 11 is 0. The van der Waals surface area contributed by atoms with Crippen molar-refractivity contribution in [1.29, 1.82) is 0 Å². The first-order valence-corrected chi connectivity index (χ1v) is 8.50. The number of hydrogen-bond acceptors (Lipinski definition) is 4.